The van der Waals surface area contributed by atoms with Gasteiger partial charge in [0.15, 0.2) is 5.79 Å². The molecule has 1 aliphatic heterocycles. The average molecular weight is 737 g/mol. The Bertz CT molecular complexity index is 1510. The maximum absolute atomic E-state index is 12.9. The van der Waals surface area contributed by atoms with Crippen LogP contribution in [0.3, 0.4) is 0 Å². The van der Waals surface area contributed by atoms with Gasteiger partial charge in [0.25, 0.3) is 0 Å². The van der Waals surface area contributed by atoms with E-state index in [1.165, 1.54) is 31.2 Å². The van der Waals surface area contributed by atoms with Crippen molar-refractivity contribution in [2.45, 2.75) is 169 Å². The normalized spacial score (nSPS) is 48.7. The van der Waals surface area contributed by atoms with Gasteiger partial charge in [-0.3, -0.25) is 4.79 Å². The number of methoxy groups -OCH3 is 1. The third-order valence-corrected chi connectivity index (χ3v) is 18.8. The molecule has 7 rings (SSSR count). The van der Waals surface area contributed by atoms with Crippen LogP contribution < -0.4 is 0 Å². The van der Waals surface area contributed by atoms with Crippen LogP contribution >= 0.6 is 0 Å². The molecule has 298 valence electrons. The molecule has 13 atom stereocenters. The van der Waals surface area contributed by atoms with Crippen LogP contribution in [0.25, 0.3) is 0 Å². The second kappa shape index (κ2) is 13.6. The van der Waals surface area contributed by atoms with Crippen molar-refractivity contribution in [1.29, 1.82) is 0 Å². The molecule has 1 heterocycles. The number of aliphatic hydroxyl groups is 3. The number of unbranched alkanes of at least 4 members (excludes halogenated alkanes) is 3. The highest BCUT2D eigenvalue weighted by Gasteiger charge is 2.83. The van der Waals surface area contributed by atoms with E-state index in [2.05, 4.69) is 58.9 Å². The highest BCUT2D eigenvalue weighted by Crippen LogP contribution is 2.84. The molecular formula is C46H72O7. The van der Waals surface area contributed by atoms with Gasteiger partial charge in [-0.2, -0.15) is 0 Å². The van der Waals surface area contributed by atoms with Gasteiger partial charge in [-0.25, -0.2) is 0 Å². The Balaban J connectivity index is 1.31. The summed E-state index contributed by atoms with van der Waals surface area (Å²) in [5.74, 6) is -1.75. The molecule has 1 aromatic carbocycles. The summed E-state index contributed by atoms with van der Waals surface area (Å²) in [5.41, 5.74) is -0.150. The zero-order chi connectivity index (χ0) is 38.3. The molecule has 6 aliphatic rings. The first-order valence-corrected chi connectivity index (χ1v) is 21.5. The maximum Gasteiger partial charge on any atom is 0.309 e. The van der Waals surface area contributed by atoms with Crippen LogP contribution in [0.15, 0.2) is 24.3 Å². The number of rotatable bonds is 12. The van der Waals surface area contributed by atoms with Crippen molar-refractivity contribution in [3.05, 3.63) is 35.4 Å². The van der Waals surface area contributed by atoms with Gasteiger partial charge < -0.3 is 29.9 Å². The van der Waals surface area contributed by atoms with E-state index < -0.39 is 39.5 Å². The Labute approximate surface area is 320 Å². The topological polar surface area (TPSA) is 116 Å². The summed E-state index contributed by atoms with van der Waals surface area (Å²) in [5, 5.41) is 47.6. The Morgan fingerprint density at radius 3 is 2.23 bits per heavy atom. The molecule has 0 aromatic heterocycles. The number of carbonyl (C=O) groups is 1. The van der Waals surface area contributed by atoms with E-state index in [9.17, 15) is 25.2 Å². The molecule has 5 aliphatic carbocycles. The molecule has 0 amide bonds. The van der Waals surface area contributed by atoms with Crippen LogP contribution in [0.1, 0.15) is 149 Å². The lowest BCUT2D eigenvalue weighted by Crippen LogP contribution is -2.77. The van der Waals surface area contributed by atoms with Gasteiger partial charge in [-0.1, -0.05) is 84.6 Å². The number of aliphatic hydroxyl groups excluding tert-OH is 2. The van der Waals surface area contributed by atoms with Crippen LogP contribution in [-0.4, -0.2) is 64.7 Å². The molecule has 0 radical (unpaired) electrons. The van der Waals surface area contributed by atoms with Crippen LogP contribution in [-0.2, 0) is 27.1 Å². The second-order valence-electron chi connectivity index (χ2n) is 20.5. The quantitative estimate of drug-likeness (QED) is 0.159. The number of carboxylic acid groups (broad SMARTS) is 1. The third-order valence-electron chi connectivity index (χ3n) is 18.8. The van der Waals surface area contributed by atoms with Gasteiger partial charge in [0, 0.05) is 30.3 Å². The summed E-state index contributed by atoms with van der Waals surface area (Å²) in [4.78, 5) is 12.9. The molecule has 5 saturated carbocycles. The zero-order valence-corrected chi connectivity index (χ0v) is 34.1. The lowest BCUT2D eigenvalue weighted by molar-refractivity contribution is -0.336. The fraction of sp³-hybridized carbons (Fsp3) is 0.848. The van der Waals surface area contributed by atoms with E-state index in [1.54, 1.807) is 7.11 Å². The smallest absolute Gasteiger partial charge is 0.309 e. The Morgan fingerprint density at radius 1 is 0.887 bits per heavy atom. The molecule has 53 heavy (non-hydrogen) atoms. The number of hydrogen-bond acceptors (Lipinski definition) is 6. The first-order valence-electron chi connectivity index (χ1n) is 21.5. The van der Waals surface area contributed by atoms with Crippen LogP contribution in [0, 0.1) is 55.7 Å². The molecule has 4 N–H and O–H groups in total. The molecule has 1 spiro atoms. The van der Waals surface area contributed by atoms with Crippen molar-refractivity contribution in [3.8, 4) is 0 Å². The van der Waals surface area contributed by atoms with E-state index in [0.29, 0.717) is 18.9 Å². The van der Waals surface area contributed by atoms with Gasteiger partial charge in [0.05, 0.1) is 30.8 Å². The van der Waals surface area contributed by atoms with Crippen LogP contribution in [0.4, 0.5) is 0 Å². The fourth-order valence-electron chi connectivity index (χ4n) is 15.7. The number of carboxylic acids is 1. The Hall–Kier alpha value is -1.51. The summed E-state index contributed by atoms with van der Waals surface area (Å²) in [6.07, 6.45) is 14.6. The summed E-state index contributed by atoms with van der Waals surface area (Å²) in [6.45, 7) is 14.4. The molecule has 6 fully saturated rings. The molecule has 2 bridgehead atoms. The summed E-state index contributed by atoms with van der Waals surface area (Å²) in [7, 11) is 1.72. The first kappa shape index (κ1) is 39.7. The number of ether oxygens (including phenoxy) is 2. The van der Waals surface area contributed by atoms with E-state index >= 15 is 0 Å². The van der Waals surface area contributed by atoms with E-state index in [0.717, 1.165) is 76.2 Å². The van der Waals surface area contributed by atoms with Crippen LogP contribution in [0.5, 0.6) is 0 Å². The summed E-state index contributed by atoms with van der Waals surface area (Å²) in [6, 6.07) is 8.68. The van der Waals surface area contributed by atoms with E-state index in [1.807, 2.05) is 6.92 Å². The first-order chi connectivity index (χ1) is 25.0. The van der Waals surface area contributed by atoms with E-state index in [4.69, 9.17) is 9.47 Å². The zero-order valence-electron chi connectivity index (χ0n) is 34.1. The van der Waals surface area contributed by atoms with E-state index in [-0.39, 0.29) is 47.2 Å². The van der Waals surface area contributed by atoms with Gasteiger partial charge in [0.1, 0.15) is 0 Å². The third kappa shape index (κ3) is 5.31. The highest BCUT2D eigenvalue weighted by molar-refractivity contribution is 5.74. The number of hydrogen-bond donors (Lipinski definition) is 4. The molecule has 1 unspecified atom stereocenters. The molecular weight excluding hydrogens is 664 g/mol. The monoisotopic (exact) mass is 737 g/mol. The minimum absolute atomic E-state index is 0.00168. The number of aliphatic carboxylic acids is 1. The van der Waals surface area contributed by atoms with Crippen molar-refractivity contribution in [2.24, 2.45) is 55.7 Å². The van der Waals surface area contributed by atoms with Gasteiger partial charge >= 0.3 is 5.97 Å². The van der Waals surface area contributed by atoms with Crippen molar-refractivity contribution in [2.75, 3.05) is 20.3 Å². The SMILES string of the molecule is CCCCCC[C@@]12CC[C@@]3(C)[C@H](CC[C@@]45[C@H](Cc6ccc(CCOC)cc6)O[C@@](O)(C[C@@H](O)[C@]43CO)[C@@H]5C)[C@@]1(C)CC[C@]1(C)CC[C@@](C)(C(=O)O)CC12. The van der Waals surface area contributed by atoms with Gasteiger partial charge in [0.2, 0.25) is 0 Å². The lowest BCUT2D eigenvalue weighted by Gasteiger charge is -2.78. The fourth-order valence-corrected chi connectivity index (χ4v) is 15.7. The maximum atomic E-state index is 12.9. The Morgan fingerprint density at radius 2 is 1.57 bits per heavy atom. The molecule has 1 aromatic rings. The largest absolute Gasteiger partial charge is 0.481 e. The van der Waals surface area contributed by atoms with Gasteiger partial charge in [-0.15, -0.1) is 0 Å². The van der Waals surface area contributed by atoms with Crippen molar-refractivity contribution < 1.29 is 34.7 Å². The Kier molecular flexibility index (Phi) is 10.2. The van der Waals surface area contributed by atoms with Crippen molar-refractivity contribution in [1.82, 2.24) is 0 Å². The standard InChI is InChI=1S/C46H72O7/c1-8-9-10-11-18-43-25-24-42(6)34(41(43,5)23-22-39(3)20-21-40(4,38(49)50)28-35(39)43)16-19-44-31(2)46(51,29-36(48)45(42,44)30-47)53-37(44)27-33-14-12-32(13-15-33)17-26-52-7/h12-15,31,34-37,47-48,51H,8-11,16-30H2,1-7H3,(H,49,50)/t31-,34-,35?,36-,37+,39+,40-,41-,42+,43+,44-,45+,46+/m1/s1. The second-order valence-corrected chi connectivity index (χ2v) is 20.5. The molecule has 7 heteroatoms. The van der Waals surface area contributed by atoms with Crippen LogP contribution in [0.2, 0.25) is 0 Å². The summed E-state index contributed by atoms with van der Waals surface area (Å²) >= 11 is 0. The van der Waals surface area contributed by atoms with Crippen molar-refractivity contribution in [3.63, 3.8) is 0 Å². The number of fused-ring (bicyclic) bond motifs is 7. The predicted molar refractivity (Wildman–Crippen MR) is 207 cm³/mol. The minimum Gasteiger partial charge on any atom is -0.481 e. The molecule has 7 nitrogen and oxygen atoms in total. The minimum atomic E-state index is -1.44. The predicted octanol–water partition coefficient (Wildman–Crippen LogP) is 8.74. The highest BCUT2D eigenvalue weighted by atomic mass is 16.6. The van der Waals surface area contributed by atoms with Crippen molar-refractivity contribution >= 4 is 5.97 Å². The molecule has 1 saturated heterocycles. The van der Waals surface area contributed by atoms with Gasteiger partial charge in [-0.05, 0) is 129 Å². The number of benzene rings is 1. The summed E-state index contributed by atoms with van der Waals surface area (Å²) < 4.78 is 12.1. The average Bonchev–Trinajstić information content (AvgIpc) is 3.26. The lowest BCUT2D eigenvalue weighted by atomic mass is 9.25.